The van der Waals surface area contributed by atoms with Crippen LogP contribution in [0.4, 0.5) is 14.5 Å². The molecule has 1 amide bonds. The second-order valence-corrected chi connectivity index (χ2v) is 6.74. The predicted molar refractivity (Wildman–Crippen MR) is 97.9 cm³/mol. The van der Waals surface area contributed by atoms with Crippen LogP contribution in [-0.4, -0.2) is 18.5 Å². The van der Waals surface area contributed by atoms with Crippen LogP contribution in [0.5, 0.6) is 0 Å². The smallest absolute Gasteiger partial charge is 0.310 e. The van der Waals surface area contributed by atoms with E-state index >= 15 is 0 Å². The van der Waals surface area contributed by atoms with Gasteiger partial charge in [-0.25, -0.2) is 8.78 Å². The predicted octanol–water partition coefficient (Wildman–Crippen LogP) is 3.92. The van der Waals surface area contributed by atoms with Crippen LogP contribution in [0, 0.1) is 11.6 Å². The summed E-state index contributed by atoms with van der Waals surface area (Å²) >= 11 is 0. The monoisotopic (exact) mass is 385 g/mol. The first-order valence-electron chi connectivity index (χ1n) is 8.92. The van der Waals surface area contributed by atoms with Gasteiger partial charge >= 0.3 is 5.97 Å². The third-order valence-corrected chi connectivity index (χ3v) is 4.77. The summed E-state index contributed by atoms with van der Waals surface area (Å²) < 4.78 is 36.9. The number of carbonyl (C=O) groups is 2. The molecule has 0 bridgehead atoms. The molecule has 0 radical (unpaired) electrons. The van der Waals surface area contributed by atoms with E-state index in [0.29, 0.717) is 11.6 Å². The fourth-order valence-corrected chi connectivity index (χ4v) is 3.41. The first-order valence-corrected chi connectivity index (χ1v) is 8.92. The molecule has 3 aromatic rings. The Kier molecular flexibility index (Phi) is 4.81. The molecule has 1 heterocycles. The number of rotatable bonds is 5. The van der Waals surface area contributed by atoms with Gasteiger partial charge in [-0.15, -0.1) is 0 Å². The highest BCUT2D eigenvalue weighted by atomic mass is 19.1. The number of ether oxygens (including phenoxy) is 1. The molecule has 1 N–H and O–H groups in total. The number of furan rings is 1. The average Bonchev–Trinajstić information content (AvgIpc) is 3.27. The molecule has 1 aliphatic carbocycles. The van der Waals surface area contributed by atoms with Crippen LogP contribution in [0.1, 0.15) is 23.1 Å². The molecule has 0 unspecified atom stereocenters. The molecule has 0 saturated carbocycles. The highest BCUT2D eigenvalue weighted by Crippen LogP contribution is 2.30. The van der Waals surface area contributed by atoms with Gasteiger partial charge in [-0.2, -0.15) is 0 Å². The molecular weight excluding hydrogens is 368 g/mol. The van der Waals surface area contributed by atoms with Crippen molar-refractivity contribution in [3.63, 3.8) is 0 Å². The van der Waals surface area contributed by atoms with E-state index in [1.54, 1.807) is 0 Å². The number of anilines is 1. The second kappa shape index (κ2) is 7.42. The summed E-state index contributed by atoms with van der Waals surface area (Å²) in [5, 5.41) is 3.10. The van der Waals surface area contributed by atoms with E-state index in [1.165, 1.54) is 17.4 Å². The van der Waals surface area contributed by atoms with E-state index in [1.807, 2.05) is 12.1 Å². The highest BCUT2D eigenvalue weighted by molar-refractivity contribution is 5.93. The summed E-state index contributed by atoms with van der Waals surface area (Å²) in [6, 6.07) is 6.83. The molecule has 0 atom stereocenters. The summed E-state index contributed by atoms with van der Waals surface area (Å²) in [5.41, 5.74) is 3.79. The summed E-state index contributed by atoms with van der Waals surface area (Å²) in [5.74, 6) is -2.97. The standard InChI is InChI=1S/C21H17F2NO4/c22-15-4-5-18(17(23)9-15)24-20(25)11-28-21(26)8-14-10-27-19-7-13-3-1-2-12(13)6-16(14)19/h4-7,9-10H,1-3,8,11H2,(H,24,25). The van der Waals surface area contributed by atoms with Crippen LogP contribution >= 0.6 is 0 Å². The average molecular weight is 385 g/mol. The minimum absolute atomic E-state index is 0.0377. The van der Waals surface area contributed by atoms with Gasteiger partial charge < -0.3 is 14.5 Å². The van der Waals surface area contributed by atoms with Gasteiger partial charge in [-0.05, 0) is 54.7 Å². The van der Waals surface area contributed by atoms with Gasteiger partial charge in [0.15, 0.2) is 6.61 Å². The summed E-state index contributed by atoms with van der Waals surface area (Å²) in [6.45, 7) is -0.569. The van der Waals surface area contributed by atoms with Crippen molar-refractivity contribution in [1.82, 2.24) is 0 Å². The van der Waals surface area contributed by atoms with E-state index in [4.69, 9.17) is 9.15 Å². The lowest BCUT2D eigenvalue weighted by molar-refractivity contribution is -0.146. The number of esters is 1. The van der Waals surface area contributed by atoms with Gasteiger partial charge in [-0.3, -0.25) is 9.59 Å². The minimum Gasteiger partial charge on any atom is -0.464 e. The molecule has 0 spiro atoms. The third kappa shape index (κ3) is 3.74. The Morgan fingerprint density at radius 3 is 2.68 bits per heavy atom. The van der Waals surface area contributed by atoms with Crippen molar-refractivity contribution in [3.05, 3.63) is 64.9 Å². The number of carbonyl (C=O) groups excluding carboxylic acids is 2. The number of halogens is 2. The van der Waals surface area contributed by atoms with E-state index < -0.39 is 30.1 Å². The summed E-state index contributed by atoms with van der Waals surface area (Å²) in [4.78, 5) is 23.9. The maximum atomic E-state index is 13.5. The molecule has 2 aromatic carbocycles. The van der Waals surface area contributed by atoms with Crippen molar-refractivity contribution in [1.29, 1.82) is 0 Å². The molecule has 0 saturated heterocycles. The molecular formula is C21H17F2NO4. The number of amides is 1. The SMILES string of the molecule is O=C(COC(=O)Cc1coc2cc3c(cc12)CCC3)Nc1ccc(F)cc1F. The largest absolute Gasteiger partial charge is 0.464 e. The maximum absolute atomic E-state index is 13.5. The summed E-state index contributed by atoms with van der Waals surface area (Å²) in [7, 11) is 0. The van der Waals surface area contributed by atoms with Gasteiger partial charge in [0.2, 0.25) is 0 Å². The van der Waals surface area contributed by atoms with Crippen molar-refractivity contribution in [2.75, 3.05) is 11.9 Å². The molecule has 7 heteroatoms. The second-order valence-electron chi connectivity index (χ2n) is 6.74. The van der Waals surface area contributed by atoms with Crippen LogP contribution < -0.4 is 5.32 Å². The van der Waals surface area contributed by atoms with Gasteiger partial charge in [0.25, 0.3) is 5.91 Å². The first kappa shape index (κ1) is 18.2. The summed E-state index contributed by atoms with van der Waals surface area (Å²) in [6.07, 6.45) is 4.65. The Bertz CT molecular complexity index is 1070. The van der Waals surface area contributed by atoms with Crippen molar-refractivity contribution in [2.45, 2.75) is 25.7 Å². The number of nitrogens with one attached hydrogen (secondary N) is 1. The molecule has 0 fully saturated rings. The number of hydrogen-bond donors (Lipinski definition) is 1. The molecule has 5 nitrogen and oxygen atoms in total. The lowest BCUT2D eigenvalue weighted by atomic mass is 10.0. The van der Waals surface area contributed by atoms with Crippen LogP contribution in [-0.2, 0) is 33.6 Å². The fourth-order valence-electron chi connectivity index (χ4n) is 3.41. The number of hydrogen-bond acceptors (Lipinski definition) is 4. The minimum atomic E-state index is -0.905. The lowest BCUT2D eigenvalue weighted by Crippen LogP contribution is -2.22. The van der Waals surface area contributed by atoms with Gasteiger partial charge in [-0.1, -0.05) is 0 Å². The number of benzene rings is 2. The van der Waals surface area contributed by atoms with Gasteiger partial charge in [0, 0.05) is 17.0 Å². The Morgan fingerprint density at radius 1 is 1.11 bits per heavy atom. The van der Waals surface area contributed by atoms with Crippen molar-refractivity contribution in [3.8, 4) is 0 Å². The number of aryl methyl sites for hydroxylation is 2. The number of fused-ring (bicyclic) bond motifs is 2. The fraction of sp³-hybridized carbons (Fsp3) is 0.238. The quantitative estimate of drug-likeness (QED) is 0.676. The molecule has 1 aromatic heterocycles. The van der Waals surface area contributed by atoms with Crippen LogP contribution in [0.25, 0.3) is 11.0 Å². The molecule has 4 rings (SSSR count). The Hall–Kier alpha value is -3.22. The van der Waals surface area contributed by atoms with Crippen molar-refractivity contribution in [2.24, 2.45) is 0 Å². The molecule has 0 aliphatic heterocycles. The van der Waals surface area contributed by atoms with E-state index in [0.717, 1.165) is 42.4 Å². The van der Waals surface area contributed by atoms with Crippen molar-refractivity contribution >= 4 is 28.5 Å². The first-order chi connectivity index (χ1) is 13.5. The van der Waals surface area contributed by atoms with E-state index in [9.17, 15) is 18.4 Å². The lowest BCUT2D eigenvalue weighted by Gasteiger charge is -2.07. The van der Waals surface area contributed by atoms with Crippen LogP contribution in [0.2, 0.25) is 0 Å². The van der Waals surface area contributed by atoms with Crippen molar-refractivity contribution < 1.29 is 27.5 Å². The molecule has 28 heavy (non-hydrogen) atoms. The highest BCUT2D eigenvalue weighted by Gasteiger charge is 2.18. The molecule has 1 aliphatic rings. The zero-order chi connectivity index (χ0) is 19.7. The van der Waals surface area contributed by atoms with Crippen LogP contribution in [0.3, 0.4) is 0 Å². The molecule has 144 valence electrons. The zero-order valence-corrected chi connectivity index (χ0v) is 14.9. The Labute approximate surface area is 159 Å². The third-order valence-electron chi connectivity index (χ3n) is 4.77. The Balaban J connectivity index is 1.35. The van der Waals surface area contributed by atoms with Gasteiger partial charge in [0.1, 0.15) is 17.2 Å². The van der Waals surface area contributed by atoms with Crippen LogP contribution in [0.15, 0.2) is 41.0 Å². The maximum Gasteiger partial charge on any atom is 0.310 e. The topological polar surface area (TPSA) is 68.5 Å². The van der Waals surface area contributed by atoms with Gasteiger partial charge in [0.05, 0.1) is 18.4 Å². The normalized spacial score (nSPS) is 12.8. The van der Waals surface area contributed by atoms with E-state index in [2.05, 4.69) is 5.32 Å². The van der Waals surface area contributed by atoms with E-state index in [-0.39, 0.29) is 12.1 Å². The Morgan fingerprint density at radius 2 is 1.89 bits per heavy atom. The zero-order valence-electron chi connectivity index (χ0n) is 14.9.